The first-order chi connectivity index (χ1) is 50.9. The number of hydrogen-bond donors (Lipinski definition) is 7. The summed E-state index contributed by atoms with van der Waals surface area (Å²) in [6, 6.07) is 16.8. The molecule has 2 aromatic rings. The molecule has 0 saturated carbocycles. The van der Waals surface area contributed by atoms with Crippen LogP contribution in [0.25, 0.3) is 0 Å². The standard InChI is InChI=1S/C21H29ClN4O5.C19H28N4O4.C2H2Cl2O.CH4.H48P46/c1-14(2)10-17(24-21(30)31-13-15-6-4-3-5-7-15)20(29)25-26(18(27)11-22)12-16-8-9-23-19(16)28;1-13(2)10-16(18(25)23-21-11-15-8-9-20-17(15)24)22-19(26)27-12-14-6-4-3-5-7-14;3-1-2(4)5;;1-25(2)37(26(3)4)43(38(27(5)6)28(7)8)46(44(39(29(9)10)30(11)12)40(31(13)14)32(15)16)45(41(33(17)18)34(19)20)42(35(21)22)36(23)24/h3-7,14,16-17H,8-13H2,1-2H3,(H,23,28)(H,24,30)(H,25,29);3-7,13,15-16,21H,8-12H2,1-2H3,(H,20,24)(H,22,26)(H,23,25);1H2;1H4;1-24H2/t16-,17+;15-,16+;;;/m00.../s1. The van der Waals surface area contributed by atoms with Gasteiger partial charge >= 0.3 is 12.2 Å². The number of hydrogen-bond acceptors (Lipinski definition) is 11. The highest BCUT2D eigenvalue weighted by Crippen LogP contribution is 3.45. The Hall–Kier alpha value is 14.6. The van der Waals surface area contributed by atoms with Crippen LogP contribution < -0.4 is 37.5 Å². The van der Waals surface area contributed by atoms with E-state index in [4.69, 9.17) is 44.3 Å². The van der Waals surface area contributed by atoms with Gasteiger partial charge in [-0.25, -0.2) is 15.0 Å². The summed E-state index contributed by atoms with van der Waals surface area (Å²) in [5.41, 5.74) is 9.56. The number of hydrazine groups is 2. The maximum Gasteiger partial charge on any atom is 0.408 e. The number of carbonyl (C=O) groups excluding carboxylic acids is 8. The van der Waals surface area contributed by atoms with Crippen molar-refractivity contribution < 1.29 is 47.8 Å². The fourth-order valence-electron chi connectivity index (χ4n) is 8.62. The third kappa shape index (κ3) is 49.9. The van der Waals surface area contributed by atoms with Crippen molar-refractivity contribution in [1.29, 1.82) is 0 Å². The molecule has 634 valence electrons. The van der Waals surface area contributed by atoms with E-state index in [0.29, 0.717) is 38.9 Å². The third-order valence-electron chi connectivity index (χ3n) is 13.0. The molecule has 67 heteroatoms. The van der Waals surface area contributed by atoms with Gasteiger partial charge in [0.15, 0.2) is 0 Å². The molecule has 2 fully saturated rings. The van der Waals surface area contributed by atoms with Crippen molar-refractivity contribution in [3.63, 3.8) is 0 Å². The predicted molar refractivity (Wildman–Crippen MR) is 629 cm³/mol. The molecular weight excluding hydrogens is 2320 g/mol. The van der Waals surface area contributed by atoms with E-state index in [1.54, 1.807) is 0 Å². The predicted octanol–water partition coefficient (Wildman–Crippen LogP) is 31.0. The number of halogens is 3. The van der Waals surface area contributed by atoms with Crippen LogP contribution in [-0.4, -0.2) is 102 Å². The summed E-state index contributed by atoms with van der Waals surface area (Å²) in [5, 5.41) is 11.2. The van der Waals surface area contributed by atoms with Crippen LogP contribution in [0.5, 0.6) is 0 Å². The Kier molecular flexibility index (Phi) is 79.6. The molecule has 2 aliphatic rings. The van der Waals surface area contributed by atoms with Crippen LogP contribution in [0.15, 0.2) is 60.7 Å². The number of benzene rings is 2. The van der Waals surface area contributed by atoms with E-state index in [0.717, 1.165) is 22.6 Å². The smallest absolute Gasteiger partial charge is 0.408 e. The molecule has 2 aromatic carbocycles. The van der Waals surface area contributed by atoms with Crippen molar-refractivity contribution in [1.82, 2.24) is 42.6 Å². The number of carbonyl (C=O) groups is 8. The van der Waals surface area contributed by atoms with E-state index in [-0.39, 0.29) is 228 Å². The highest BCUT2D eigenvalue weighted by atomic mass is 35.5. The molecule has 2 saturated heterocycles. The van der Waals surface area contributed by atoms with Crippen molar-refractivity contribution in [2.24, 2.45) is 23.7 Å². The summed E-state index contributed by atoms with van der Waals surface area (Å²) < 4.78 is 10.4. The van der Waals surface area contributed by atoms with Gasteiger partial charge in [0, 0.05) is 19.6 Å². The maximum atomic E-state index is 12.9. The Morgan fingerprint density at radius 1 is 0.455 bits per heavy atom. The van der Waals surface area contributed by atoms with Gasteiger partial charge in [-0.1, -0.05) is 95.8 Å². The monoisotopic (exact) mass is 2430 g/mol. The first-order valence-electron chi connectivity index (χ1n) is 30.9. The van der Waals surface area contributed by atoms with Gasteiger partial charge < -0.3 is 30.7 Å². The first-order valence-corrected chi connectivity index (χ1v) is 115. The number of nitrogens with one attached hydrogen (secondary N) is 7. The molecule has 7 N–H and O–H groups in total. The molecule has 110 heavy (non-hydrogen) atoms. The summed E-state index contributed by atoms with van der Waals surface area (Å²) >= 11 is 15.2. The summed E-state index contributed by atoms with van der Waals surface area (Å²) in [6.45, 7) is 6.40. The van der Waals surface area contributed by atoms with Crippen LogP contribution in [0.3, 0.4) is 0 Å². The Balaban J connectivity index is 0.00000162. The molecule has 24 unspecified atom stereocenters. The van der Waals surface area contributed by atoms with Crippen LogP contribution >= 0.6 is 403 Å². The molecule has 0 radical (unpaired) electrons. The average Bonchev–Trinajstić information content (AvgIpc) is 1.37. The summed E-state index contributed by atoms with van der Waals surface area (Å²) in [7, 11) is 82.7. The minimum Gasteiger partial charge on any atom is -0.445 e. The van der Waals surface area contributed by atoms with E-state index in [9.17, 15) is 38.4 Å². The van der Waals surface area contributed by atoms with Crippen LogP contribution in [0, 0.1) is 23.7 Å². The molecule has 2 heterocycles. The quantitative estimate of drug-likeness (QED) is 0.0143. The van der Waals surface area contributed by atoms with E-state index in [2.05, 4.69) is 252 Å². The minimum atomic E-state index is -0.925. The lowest BCUT2D eigenvalue weighted by atomic mass is 10.0. The van der Waals surface area contributed by atoms with Gasteiger partial charge in [0.25, 0.3) is 17.7 Å². The van der Waals surface area contributed by atoms with Crippen LogP contribution in [-0.2, 0) is 51.5 Å². The zero-order chi connectivity index (χ0) is 83.4. The normalized spacial score (nSPS) is 15.3. The lowest BCUT2D eigenvalue weighted by Gasteiger charge is -2.57. The van der Waals surface area contributed by atoms with E-state index >= 15 is 0 Å². The molecule has 0 bridgehead atoms. The van der Waals surface area contributed by atoms with Gasteiger partial charge in [0.1, 0.15) is 31.2 Å². The average molecular weight is 2430 g/mol. The molecule has 0 aliphatic carbocycles. The molecule has 4 rings (SSSR count). The fraction of sp³-hybridized carbons (Fsp3) is 0.535. The fourth-order valence-corrected chi connectivity index (χ4v) is 658. The second kappa shape index (κ2) is 70.3. The second-order valence-electron chi connectivity index (χ2n) is 22.5. The Bertz CT molecular complexity index is 2810. The van der Waals surface area contributed by atoms with Gasteiger partial charge in [-0.15, -0.1) is 237 Å². The second-order valence-corrected chi connectivity index (χ2v) is 212. The molecule has 2 aliphatic heterocycles. The number of ether oxygens (including phenoxy) is 2. The van der Waals surface area contributed by atoms with E-state index in [1.807, 2.05) is 88.4 Å². The zero-order valence-corrected chi connectivity index (χ0v) is 109. The summed E-state index contributed by atoms with van der Waals surface area (Å²) in [6.07, 6.45) is 0.711. The molecule has 7 amide bonds. The van der Waals surface area contributed by atoms with E-state index < -0.39 is 47.2 Å². The van der Waals surface area contributed by atoms with Gasteiger partial charge in [-0.05, 0) is 214 Å². The van der Waals surface area contributed by atoms with Crippen molar-refractivity contribution in [3.05, 3.63) is 71.8 Å². The number of rotatable bonds is 40. The van der Waals surface area contributed by atoms with Crippen molar-refractivity contribution in [2.45, 2.75) is 86.1 Å². The van der Waals surface area contributed by atoms with Gasteiger partial charge in [0.2, 0.25) is 17.1 Å². The van der Waals surface area contributed by atoms with E-state index in [1.165, 1.54) is 0 Å². The number of alkyl carbamates (subject to hydrolysis) is 2. The van der Waals surface area contributed by atoms with Crippen molar-refractivity contribution in [3.8, 4) is 0 Å². The maximum absolute atomic E-state index is 12.9. The van der Waals surface area contributed by atoms with Crippen molar-refractivity contribution in [2.75, 3.05) is 37.9 Å². The topological polar surface area (TPSA) is 242 Å². The lowest BCUT2D eigenvalue weighted by Crippen LogP contribution is -2.56. The Labute approximate surface area is 751 Å². The first kappa shape index (κ1) is 125. The largest absolute Gasteiger partial charge is 0.445 e. The van der Waals surface area contributed by atoms with Crippen LogP contribution in [0.1, 0.15) is 71.9 Å². The van der Waals surface area contributed by atoms with Crippen LogP contribution in [0.2, 0.25) is 0 Å². The zero-order valence-electron chi connectivity index (χ0n) is 59.6. The number of alkyl halides is 2. The molecule has 28 atom stereocenters. The number of nitrogens with zero attached hydrogens (tertiary/aromatic N) is 1. The van der Waals surface area contributed by atoms with Crippen LogP contribution in [0.4, 0.5) is 9.59 Å². The van der Waals surface area contributed by atoms with Gasteiger partial charge in [0.05, 0.1) is 24.3 Å². The van der Waals surface area contributed by atoms with Gasteiger partial charge in [-0.2, -0.15) is 0 Å². The minimum absolute atomic E-state index is 0. The Morgan fingerprint density at radius 2 is 0.736 bits per heavy atom. The SMILES string of the molecule is C.CC(C)C[C@@H](NC(=O)OCc1ccccc1)C(=O)NN(C[C@@H]1CCNC1=O)C(=O)CCl.CC(C)C[C@@H](NC(=O)OCc1ccccc1)C(=O)NNC[C@@H]1CCNC1=O.O=C(Cl)CCl.PP(P)P(P(P)P)P(P(P(P)P)P(P)P)P(P(P(P(P)P)P(P)P)P(P(P)P)P(P)P)P(P(P(P)P)P(P)P)P(P(P)P)P(P)P. The highest BCUT2D eigenvalue weighted by Gasteiger charge is 2.58. The molecule has 0 spiro atoms. The summed E-state index contributed by atoms with van der Waals surface area (Å²) in [5.74, 6) is -2.42. The Morgan fingerprint density at radius 3 is 0.991 bits per heavy atom. The highest BCUT2D eigenvalue weighted by molar-refractivity contribution is 9.51. The lowest BCUT2D eigenvalue weighted by molar-refractivity contribution is -0.142. The number of amides is 7. The molecule has 0 aromatic heterocycles. The molecule has 18 nitrogen and oxygen atoms in total. The van der Waals surface area contributed by atoms with Crippen molar-refractivity contribution >= 4 is 450 Å². The third-order valence-corrected chi connectivity index (χ3v) is 327. The molecular formula is C43H111Cl3N8O10P46. The van der Waals surface area contributed by atoms with Gasteiger partial charge in [-0.3, -0.25) is 44.6 Å². The summed E-state index contributed by atoms with van der Waals surface area (Å²) in [4.78, 5) is 94.6.